The molecule has 15 heavy (non-hydrogen) atoms. The highest BCUT2D eigenvalue weighted by Gasteiger charge is 2.22. The van der Waals surface area contributed by atoms with Crippen molar-refractivity contribution in [2.45, 2.75) is 18.7 Å². The fourth-order valence-corrected chi connectivity index (χ4v) is 4.03. The van der Waals surface area contributed by atoms with E-state index < -0.39 is 0 Å². The summed E-state index contributed by atoms with van der Waals surface area (Å²) in [4.78, 5) is 0. The second kappa shape index (κ2) is 5.09. The molecule has 0 bridgehead atoms. The van der Waals surface area contributed by atoms with Gasteiger partial charge in [0, 0.05) is 27.0 Å². The Bertz CT molecular complexity index is 370. The van der Waals surface area contributed by atoms with Gasteiger partial charge in [0.15, 0.2) is 0 Å². The topological polar surface area (TPSA) is 12.0 Å². The predicted molar refractivity (Wildman–Crippen MR) is 71.7 cm³/mol. The number of hydrogen-bond donors (Lipinski definition) is 1. The summed E-state index contributed by atoms with van der Waals surface area (Å²) in [6.07, 6.45) is 0. The quantitative estimate of drug-likeness (QED) is 0.886. The molecule has 1 aromatic rings. The van der Waals surface area contributed by atoms with E-state index in [2.05, 4.69) is 34.2 Å². The first kappa shape index (κ1) is 11.8. The van der Waals surface area contributed by atoms with Crippen LogP contribution in [0.1, 0.15) is 24.1 Å². The van der Waals surface area contributed by atoms with Gasteiger partial charge in [0.1, 0.15) is 0 Å². The van der Waals surface area contributed by atoms with Gasteiger partial charge in [-0.3, -0.25) is 0 Å². The van der Waals surface area contributed by atoms with Crippen molar-refractivity contribution in [2.75, 3.05) is 12.3 Å². The molecular formula is C11H13BrClNS. The molecule has 1 N–H and O–H groups in total. The first-order valence-electron chi connectivity index (χ1n) is 5.01. The Morgan fingerprint density at radius 1 is 1.60 bits per heavy atom. The van der Waals surface area contributed by atoms with Gasteiger partial charge < -0.3 is 5.32 Å². The molecule has 0 amide bonds. The molecule has 1 aliphatic rings. The minimum atomic E-state index is 0.443. The first-order valence-corrected chi connectivity index (χ1v) is 7.34. The van der Waals surface area contributed by atoms with Crippen molar-refractivity contribution in [2.24, 2.45) is 0 Å². The minimum absolute atomic E-state index is 0.443. The van der Waals surface area contributed by atoms with Crippen LogP contribution in [0, 0.1) is 0 Å². The predicted octanol–water partition coefficient (Wildman–Crippen LogP) is 4.00. The highest BCUT2D eigenvalue weighted by atomic mass is 79.9. The fraction of sp³-hybridized carbons (Fsp3) is 0.455. The maximum absolute atomic E-state index is 6.24. The van der Waals surface area contributed by atoms with Crippen LogP contribution in [-0.2, 0) is 5.75 Å². The molecule has 0 spiro atoms. The Morgan fingerprint density at radius 2 is 2.40 bits per heavy atom. The highest BCUT2D eigenvalue weighted by molar-refractivity contribution is 9.10. The SMILES string of the molecule is CCNC1CSCc2c(Cl)cc(Br)cc21. The lowest BCUT2D eigenvalue weighted by atomic mass is 10.0. The van der Waals surface area contributed by atoms with E-state index in [-0.39, 0.29) is 0 Å². The molecule has 0 saturated heterocycles. The van der Waals surface area contributed by atoms with Crippen LogP contribution >= 0.6 is 39.3 Å². The van der Waals surface area contributed by atoms with Crippen LogP contribution in [0.4, 0.5) is 0 Å². The summed E-state index contributed by atoms with van der Waals surface area (Å²) in [5.74, 6) is 2.16. The molecule has 4 heteroatoms. The van der Waals surface area contributed by atoms with Crippen molar-refractivity contribution in [3.8, 4) is 0 Å². The van der Waals surface area contributed by atoms with E-state index in [4.69, 9.17) is 11.6 Å². The lowest BCUT2D eigenvalue weighted by Crippen LogP contribution is -2.26. The molecule has 1 aliphatic heterocycles. The standard InChI is InChI=1S/C11H13BrClNS/c1-2-14-11-6-15-5-9-8(11)3-7(12)4-10(9)13/h3-4,11,14H,2,5-6H2,1H3. The molecule has 0 saturated carbocycles. The number of fused-ring (bicyclic) bond motifs is 1. The van der Waals surface area contributed by atoms with Crippen LogP contribution in [0.25, 0.3) is 0 Å². The van der Waals surface area contributed by atoms with Crippen LogP contribution in [0.3, 0.4) is 0 Å². The molecule has 1 heterocycles. The molecule has 0 fully saturated rings. The van der Waals surface area contributed by atoms with Crippen molar-refractivity contribution in [1.29, 1.82) is 0 Å². The van der Waals surface area contributed by atoms with Crippen LogP contribution in [-0.4, -0.2) is 12.3 Å². The molecule has 0 aromatic heterocycles. The molecule has 1 atom stereocenters. The molecule has 2 rings (SSSR count). The summed E-state index contributed by atoms with van der Waals surface area (Å²) in [5.41, 5.74) is 2.65. The van der Waals surface area contributed by atoms with E-state index >= 15 is 0 Å². The van der Waals surface area contributed by atoms with Crippen molar-refractivity contribution in [3.63, 3.8) is 0 Å². The van der Waals surface area contributed by atoms with Crippen molar-refractivity contribution >= 4 is 39.3 Å². The molecule has 0 aliphatic carbocycles. The van der Waals surface area contributed by atoms with E-state index in [9.17, 15) is 0 Å². The largest absolute Gasteiger partial charge is 0.309 e. The molecule has 0 radical (unpaired) electrons. The average molecular weight is 307 g/mol. The normalized spacial score (nSPS) is 20.1. The summed E-state index contributed by atoms with van der Waals surface area (Å²) in [5, 5.41) is 4.38. The Hall–Kier alpha value is 0.300. The Balaban J connectivity index is 2.41. The van der Waals surface area contributed by atoms with Crippen molar-refractivity contribution < 1.29 is 0 Å². The van der Waals surface area contributed by atoms with Crippen LogP contribution in [0.5, 0.6) is 0 Å². The van der Waals surface area contributed by atoms with Gasteiger partial charge >= 0.3 is 0 Å². The maximum atomic E-state index is 6.24. The molecule has 1 nitrogen and oxygen atoms in total. The fourth-order valence-electron chi connectivity index (χ4n) is 1.87. The van der Waals surface area contributed by atoms with Gasteiger partial charge in [-0.05, 0) is 29.8 Å². The zero-order valence-electron chi connectivity index (χ0n) is 8.52. The van der Waals surface area contributed by atoms with E-state index in [1.165, 1.54) is 11.1 Å². The third kappa shape index (κ3) is 2.52. The summed E-state index contributed by atoms with van der Waals surface area (Å²) in [6.45, 7) is 3.13. The van der Waals surface area contributed by atoms with Crippen LogP contribution in [0.15, 0.2) is 16.6 Å². The third-order valence-corrected chi connectivity index (χ3v) is 4.41. The number of thioether (sulfide) groups is 1. The lowest BCUT2D eigenvalue weighted by Gasteiger charge is -2.26. The third-order valence-electron chi connectivity index (χ3n) is 2.55. The first-order chi connectivity index (χ1) is 7.22. The second-order valence-corrected chi connectivity index (χ2v) is 5.93. The Kier molecular flexibility index (Phi) is 3.99. The van der Waals surface area contributed by atoms with Gasteiger partial charge in [0.05, 0.1) is 0 Å². The van der Waals surface area contributed by atoms with Gasteiger partial charge in [0.25, 0.3) is 0 Å². The number of benzene rings is 1. The van der Waals surface area contributed by atoms with Crippen LogP contribution in [0.2, 0.25) is 5.02 Å². The average Bonchev–Trinajstić information content (AvgIpc) is 2.19. The summed E-state index contributed by atoms with van der Waals surface area (Å²) >= 11 is 11.7. The maximum Gasteiger partial charge on any atom is 0.0460 e. The Morgan fingerprint density at radius 3 is 3.13 bits per heavy atom. The summed E-state index contributed by atoms with van der Waals surface area (Å²) in [6, 6.07) is 4.61. The number of hydrogen-bond acceptors (Lipinski definition) is 2. The van der Waals surface area contributed by atoms with E-state index in [0.717, 1.165) is 27.5 Å². The van der Waals surface area contributed by atoms with Gasteiger partial charge in [-0.1, -0.05) is 34.5 Å². The highest BCUT2D eigenvalue weighted by Crippen LogP contribution is 2.37. The Labute approximate surface area is 108 Å². The van der Waals surface area contributed by atoms with Gasteiger partial charge in [-0.25, -0.2) is 0 Å². The summed E-state index contributed by atoms with van der Waals surface area (Å²) in [7, 11) is 0. The smallest absolute Gasteiger partial charge is 0.0460 e. The van der Waals surface area contributed by atoms with E-state index in [1.807, 2.05) is 17.8 Å². The molecule has 1 unspecified atom stereocenters. The number of nitrogens with one attached hydrogen (secondary N) is 1. The number of rotatable bonds is 2. The lowest BCUT2D eigenvalue weighted by molar-refractivity contribution is 0.598. The number of halogens is 2. The van der Waals surface area contributed by atoms with Crippen molar-refractivity contribution in [1.82, 2.24) is 5.32 Å². The molecular weight excluding hydrogens is 294 g/mol. The van der Waals surface area contributed by atoms with Crippen LogP contribution < -0.4 is 5.32 Å². The van der Waals surface area contributed by atoms with E-state index in [1.54, 1.807) is 0 Å². The molecule has 1 aromatic carbocycles. The zero-order chi connectivity index (χ0) is 10.8. The van der Waals surface area contributed by atoms with Gasteiger partial charge in [-0.2, -0.15) is 11.8 Å². The van der Waals surface area contributed by atoms with Gasteiger partial charge in [-0.15, -0.1) is 0 Å². The molecule has 82 valence electrons. The van der Waals surface area contributed by atoms with Gasteiger partial charge in [0.2, 0.25) is 0 Å². The summed E-state index contributed by atoms with van der Waals surface area (Å²) < 4.78 is 1.07. The zero-order valence-corrected chi connectivity index (χ0v) is 11.7. The second-order valence-electron chi connectivity index (χ2n) is 3.58. The monoisotopic (exact) mass is 305 g/mol. The minimum Gasteiger partial charge on any atom is -0.309 e. The van der Waals surface area contributed by atoms with Crippen molar-refractivity contribution in [3.05, 3.63) is 32.8 Å². The van der Waals surface area contributed by atoms with E-state index in [0.29, 0.717) is 6.04 Å².